The minimum atomic E-state index is -0.721. The average Bonchev–Trinajstić information content (AvgIpc) is 3.13. The zero-order chi connectivity index (χ0) is 14.8. The third-order valence-electron chi connectivity index (χ3n) is 3.92. The Morgan fingerprint density at radius 2 is 2.14 bits per heavy atom. The number of halogens is 1. The Hall–Kier alpha value is -1.17. The van der Waals surface area contributed by atoms with Crippen LogP contribution in [0.4, 0.5) is 0 Å². The lowest BCUT2D eigenvalue weighted by atomic mass is 10.0. The van der Waals surface area contributed by atoms with Gasteiger partial charge in [-0.3, -0.25) is 9.69 Å². The number of thiophene rings is 1. The molecule has 1 fully saturated rings. The van der Waals surface area contributed by atoms with Crippen LogP contribution in [0, 0.1) is 0 Å². The highest BCUT2D eigenvalue weighted by Crippen LogP contribution is 2.39. The topological polar surface area (TPSA) is 40.5 Å². The van der Waals surface area contributed by atoms with Crippen molar-refractivity contribution in [1.29, 1.82) is 0 Å². The minimum absolute atomic E-state index is 0.00387. The van der Waals surface area contributed by atoms with E-state index in [1.165, 1.54) is 4.88 Å². The van der Waals surface area contributed by atoms with Gasteiger partial charge in [-0.05, 0) is 35.9 Å². The van der Waals surface area contributed by atoms with Crippen molar-refractivity contribution in [2.24, 2.45) is 0 Å². The van der Waals surface area contributed by atoms with Crippen LogP contribution < -0.4 is 0 Å². The molecule has 0 bridgehead atoms. The highest BCUT2D eigenvalue weighted by molar-refractivity contribution is 9.10. The first-order valence-corrected chi connectivity index (χ1v) is 8.62. The van der Waals surface area contributed by atoms with Crippen LogP contribution in [-0.4, -0.2) is 28.6 Å². The van der Waals surface area contributed by atoms with Gasteiger partial charge < -0.3 is 5.11 Å². The first-order chi connectivity index (χ1) is 10.2. The van der Waals surface area contributed by atoms with Gasteiger partial charge >= 0.3 is 5.97 Å². The molecule has 5 heteroatoms. The second-order valence-electron chi connectivity index (χ2n) is 5.17. The summed E-state index contributed by atoms with van der Waals surface area (Å²) in [5, 5.41) is 11.5. The Kier molecular flexibility index (Phi) is 4.42. The molecule has 0 amide bonds. The fraction of sp³-hybridized carbons (Fsp3) is 0.312. The van der Waals surface area contributed by atoms with E-state index in [1.807, 2.05) is 29.6 Å². The first kappa shape index (κ1) is 14.8. The van der Waals surface area contributed by atoms with E-state index < -0.39 is 12.0 Å². The maximum absolute atomic E-state index is 11.6. The van der Waals surface area contributed by atoms with Crippen molar-refractivity contribution in [3.8, 4) is 0 Å². The molecule has 1 aliphatic rings. The molecule has 0 spiro atoms. The van der Waals surface area contributed by atoms with Gasteiger partial charge in [0.05, 0.1) is 6.04 Å². The molecule has 2 aromatic rings. The molecule has 1 N–H and O–H groups in total. The fourth-order valence-corrected chi connectivity index (χ4v) is 4.37. The smallest absolute Gasteiger partial charge is 0.320 e. The molecule has 21 heavy (non-hydrogen) atoms. The molecule has 2 atom stereocenters. The van der Waals surface area contributed by atoms with E-state index in [9.17, 15) is 9.90 Å². The summed E-state index contributed by atoms with van der Waals surface area (Å²) in [4.78, 5) is 14.9. The zero-order valence-electron chi connectivity index (χ0n) is 11.4. The van der Waals surface area contributed by atoms with Gasteiger partial charge in [-0.15, -0.1) is 11.3 Å². The highest BCUT2D eigenvalue weighted by atomic mass is 79.9. The van der Waals surface area contributed by atoms with E-state index in [1.54, 1.807) is 11.3 Å². The molecule has 2 unspecified atom stereocenters. The Morgan fingerprint density at radius 3 is 2.81 bits per heavy atom. The van der Waals surface area contributed by atoms with Gasteiger partial charge in [0, 0.05) is 15.9 Å². The zero-order valence-corrected chi connectivity index (χ0v) is 13.8. The summed E-state index contributed by atoms with van der Waals surface area (Å²) in [5.74, 6) is -0.721. The largest absolute Gasteiger partial charge is 0.480 e. The average molecular weight is 366 g/mol. The molecular weight excluding hydrogens is 350 g/mol. The molecule has 0 radical (unpaired) electrons. The fourth-order valence-electron chi connectivity index (χ4n) is 3.00. The van der Waals surface area contributed by atoms with E-state index in [0.717, 1.165) is 29.4 Å². The van der Waals surface area contributed by atoms with E-state index in [-0.39, 0.29) is 6.04 Å². The van der Waals surface area contributed by atoms with Crippen molar-refractivity contribution in [2.75, 3.05) is 6.54 Å². The summed E-state index contributed by atoms with van der Waals surface area (Å²) in [6, 6.07) is 11.8. The number of rotatable bonds is 4. The van der Waals surface area contributed by atoms with Crippen LogP contribution in [0.1, 0.15) is 29.3 Å². The minimum Gasteiger partial charge on any atom is -0.480 e. The van der Waals surface area contributed by atoms with Crippen molar-refractivity contribution in [3.63, 3.8) is 0 Å². The van der Waals surface area contributed by atoms with E-state index in [2.05, 4.69) is 33.0 Å². The Labute approximate surface area is 136 Å². The van der Waals surface area contributed by atoms with Gasteiger partial charge in [0.15, 0.2) is 0 Å². The molecule has 3 nitrogen and oxygen atoms in total. The first-order valence-electron chi connectivity index (χ1n) is 6.95. The van der Waals surface area contributed by atoms with Crippen LogP contribution in [0.3, 0.4) is 0 Å². The second-order valence-corrected chi connectivity index (χ2v) is 7.01. The number of hydrogen-bond donors (Lipinski definition) is 1. The van der Waals surface area contributed by atoms with Gasteiger partial charge in [0.2, 0.25) is 0 Å². The van der Waals surface area contributed by atoms with Crippen LogP contribution >= 0.6 is 27.3 Å². The number of benzene rings is 1. The lowest BCUT2D eigenvalue weighted by molar-refractivity contribution is -0.142. The van der Waals surface area contributed by atoms with E-state index in [0.29, 0.717) is 0 Å². The molecule has 1 aliphatic heterocycles. The number of likely N-dealkylation sites (tertiary alicyclic amines) is 1. The summed E-state index contributed by atoms with van der Waals surface area (Å²) in [6.45, 7) is 0.820. The molecule has 1 saturated heterocycles. The molecule has 3 rings (SSSR count). The van der Waals surface area contributed by atoms with Gasteiger partial charge in [-0.2, -0.15) is 0 Å². The van der Waals surface area contributed by atoms with Crippen molar-refractivity contribution in [1.82, 2.24) is 4.90 Å². The lowest BCUT2D eigenvalue weighted by Crippen LogP contribution is -2.39. The van der Waals surface area contributed by atoms with Gasteiger partial charge in [0.1, 0.15) is 6.04 Å². The predicted octanol–water partition coefficient (Wildman–Crippen LogP) is 4.15. The van der Waals surface area contributed by atoms with Crippen molar-refractivity contribution < 1.29 is 9.90 Å². The van der Waals surface area contributed by atoms with Crippen LogP contribution in [0.5, 0.6) is 0 Å². The summed E-state index contributed by atoms with van der Waals surface area (Å²) >= 11 is 5.30. The molecule has 2 heterocycles. The summed E-state index contributed by atoms with van der Waals surface area (Å²) in [7, 11) is 0. The van der Waals surface area contributed by atoms with E-state index >= 15 is 0 Å². The maximum atomic E-state index is 11.6. The molecule has 1 aromatic carbocycles. The van der Waals surface area contributed by atoms with E-state index in [4.69, 9.17) is 0 Å². The number of hydrogen-bond acceptors (Lipinski definition) is 3. The molecule has 0 aliphatic carbocycles. The summed E-state index contributed by atoms with van der Waals surface area (Å²) in [6.07, 6.45) is 1.66. The van der Waals surface area contributed by atoms with Gasteiger partial charge in [-0.25, -0.2) is 0 Å². The van der Waals surface area contributed by atoms with Crippen LogP contribution in [0.2, 0.25) is 0 Å². The third-order valence-corrected chi connectivity index (χ3v) is 5.57. The standard InChI is InChI=1S/C16H16BrNO2S/c17-12-6-2-1-5-11(12)15(14-8-4-10-21-14)18-9-3-7-13(18)16(19)20/h1-2,4-6,8,10,13,15H,3,7,9H2,(H,19,20). The summed E-state index contributed by atoms with van der Waals surface area (Å²) < 4.78 is 1.03. The van der Waals surface area contributed by atoms with Gasteiger partial charge in [-0.1, -0.05) is 40.2 Å². The Morgan fingerprint density at radius 1 is 1.33 bits per heavy atom. The lowest BCUT2D eigenvalue weighted by Gasteiger charge is -2.31. The Balaban J connectivity index is 2.05. The molecule has 1 aromatic heterocycles. The van der Waals surface area contributed by atoms with Gasteiger partial charge in [0.25, 0.3) is 0 Å². The molecular formula is C16H16BrNO2S. The third kappa shape index (κ3) is 2.91. The number of carboxylic acid groups (broad SMARTS) is 1. The van der Waals surface area contributed by atoms with Crippen LogP contribution in [-0.2, 0) is 4.79 Å². The molecule has 110 valence electrons. The van der Waals surface area contributed by atoms with Crippen molar-refractivity contribution >= 4 is 33.2 Å². The van der Waals surface area contributed by atoms with Crippen LogP contribution in [0.25, 0.3) is 0 Å². The number of carboxylic acids is 1. The van der Waals surface area contributed by atoms with Crippen molar-refractivity contribution in [3.05, 3.63) is 56.7 Å². The van der Waals surface area contributed by atoms with Crippen LogP contribution in [0.15, 0.2) is 46.3 Å². The predicted molar refractivity (Wildman–Crippen MR) is 87.7 cm³/mol. The number of carbonyl (C=O) groups is 1. The number of aliphatic carboxylic acids is 1. The summed E-state index contributed by atoms with van der Waals surface area (Å²) in [5.41, 5.74) is 1.13. The Bertz CT molecular complexity index is 629. The molecule has 0 saturated carbocycles. The SMILES string of the molecule is O=C(O)C1CCCN1C(c1cccs1)c1ccccc1Br. The second kappa shape index (κ2) is 6.30. The number of nitrogens with zero attached hydrogens (tertiary/aromatic N) is 1. The monoisotopic (exact) mass is 365 g/mol. The van der Waals surface area contributed by atoms with Crippen molar-refractivity contribution in [2.45, 2.75) is 24.9 Å². The maximum Gasteiger partial charge on any atom is 0.320 e. The quantitative estimate of drug-likeness (QED) is 0.884. The normalized spacial score (nSPS) is 20.5. The highest BCUT2D eigenvalue weighted by Gasteiger charge is 2.37.